The average molecular weight is 355 g/mol. The molecule has 1 saturated carbocycles. The van der Waals surface area contributed by atoms with Crippen molar-refractivity contribution in [3.63, 3.8) is 0 Å². The van der Waals surface area contributed by atoms with Crippen LogP contribution in [0.3, 0.4) is 0 Å². The van der Waals surface area contributed by atoms with Gasteiger partial charge >= 0.3 is 0 Å². The highest BCUT2D eigenvalue weighted by molar-refractivity contribution is 7.10. The summed E-state index contributed by atoms with van der Waals surface area (Å²) in [6.45, 7) is 3.05. The zero-order chi connectivity index (χ0) is 17.4. The minimum Gasteiger partial charge on any atom is -0.321 e. The molecule has 1 aromatic carbocycles. The van der Waals surface area contributed by atoms with Gasteiger partial charge in [-0.1, -0.05) is 12.1 Å². The van der Waals surface area contributed by atoms with Gasteiger partial charge < -0.3 is 10.2 Å². The van der Waals surface area contributed by atoms with E-state index in [2.05, 4.69) is 16.8 Å². The van der Waals surface area contributed by atoms with Crippen molar-refractivity contribution in [2.75, 3.05) is 18.4 Å². The van der Waals surface area contributed by atoms with Gasteiger partial charge in [-0.3, -0.25) is 9.59 Å². The first-order valence-electron chi connectivity index (χ1n) is 8.93. The minimum atomic E-state index is 0.0107. The molecule has 0 saturated heterocycles. The Labute approximate surface area is 151 Å². The van der Waals surface area contributed by atoms with Crippen molar-refractivity contribution >= 4 is 28.7 Å². The first-order valence-corrected chi connectivity index (χ1v) is 9.81. The summed E-state index contributed by atoms with van der Waals surface area (Å²) in [6.07, 6.45) is 3.64. The highest BCUT2D eigenvalue weighted by atomic mass is 32.1. The van der Waals surface area contributed by atoms with Gasteiger partial charge in [0, 0.05) is 34.0 Å². The topological polar surface area (TPSA) is 50.6 Å². The molecule has 1 fully saturated rings. The van der Waals surface area contributed by atoms with E-state index in [1.165, 1.54) is 35.1 Å². The van der Waals surface area contributed by atoms with Crippen molar-refractivity contribution in [3.05, 3.63) is 51.7 Å². The number of hydrogen-bond acceptors (Lipinski definition) is 3. The molecule has 0 bridgehead atoms. The van der Waals surface area contributed by atoms with Crippen molar-refractivity contribution in [2.45, 2.75) is 32.2 Å². The fourth-order valence-corrected chi connectivity index (χ4v) is 4.85. The van der Waals surface area contributed by atoms with Crippen LogP contribution in [-0.2, 0) is 11.2 Å². The second-order valence-corrected chi connectivity index (χ2v) is 8.14. The molecule has 2 atom stereocenters. The van der Waals surface area contributed by atoms with Crippen LogP contribution in [0.5, 0.6) is 0 Å². The number of amides is 1. The van der Waals surface area contributed by atoms with Gasteiger partial charge in [-0.2, -0.15) is 0 Å². The van der Waals surface area contributed by atoms with Crippen LogP contribution < -0.4 is 10.2 Å². The van der Waals surface area contributed by atoms with Gasteiger partial charge in [0.1, 0.15) is 6.04 Å². The lowest BCUT2D eigenvalue weighted by Crippen LogP contribution is -3.14. The highest BCUT2D eigenvalue weighted by Gasteiger charge is 2.43. The van der Waals surface area contributed by atoms with E-state index in [-0.39, 0.29) is 11.7 Å². The van der Waals surface area contributed by atoms with Crippen LogP contribution in [0.25, 0.3) is 0 Å². The van der Waals surface area contributed by atoms with Crippen molar-refractivity contribution in [2.24, 2.45) is 5.92 Å². The summed E-state index contributed by atoms with van der Waals surface area (Å²) in [5.74, 6) is 0.772. The Morgan fingerprint density at radius 3 is 2.88 bits per heavy atom. The number of nitrogens with one attached hydrogen (secondary N) is 2. The van der Waals surface area contributed by atoms with Gasteiger partial charge in [0.05, 0.1) is 6.54 Å². The number of thiophene rings is 1. The molecule has 2 N–H and O–H groups in total. The van der Waals surface area contributed by atoms with E-state index < -0.39 is 0 Å². The summed E-state index contributed by atoms with van der Waals surface area (Å²) in [6, 6.07) is 9.91. The highest BCUT2D eigenvalue weighted by Crippen LogP contribution is 2.42. The number of Topliss-reactive ketones (excluding diaryl/α,β-unsaturated/α-hetero) is 1. The van der Waals surface area contributed by atoms with Crippen molar-refractivity contribution in [1.29, 1.82) is 0 Å². The molecule has 2 aromatic rings. The average Bonchev–Trinajstić information content (AvgIpc) is 3.31. The quantitative estimate of drug-likeness (QED) is 0.810. The first kappa shape index (κ1) is 16.5. The Bertz CT molecular complexity index is 810. The largest absolute Gasteiger partial charge is 0.321 e. The van der Waals surface area contributed by atoms with Gasteiger partial charge in [-0.05, 0) is 43.3 Å². The summed E-state index contributed by atoms with van der Waals surface area (Å²) in [4.78, 5) is 27.0. The Morgan fingerprint density at radius 2 is 2.12 bits per heavy atom. The lowest BCUT2D eigenvalue weighted by Gasteiger charge is -2.32. The molecule has 5 heteroatoms. The third kappa shape index (κ3) is 3.53. The van der Waals surface area contributed by atoms with E-state index in [9.17, 15) is 9.59 Å². The molecule has 130 valence electrons. The van der Waals surface area contributed by atoms with Gasteiger partial charge in [0.15, 0.2) is 12.3 Å². The maximum absolute atomic E-state index is 12.6. The van der Waals surface area contributed by atoms with Gasteiger partial charge in [0.2, 0.25) is 0 Å². The third-order valence-electron chi connectivity index (χ3n) is 5.26. The summed E-state index contributed by atoms with van der Waals surface area (Å²) < 4.78 is 0. The minimum absolute atomic E-state index is 0.0107. The van der Waals surface area contributed by atoms with E-state index in [0.717, 1.165) is 18.9 Å². The van der Waals surface area contributed by atoms with Crippen molar-refractivity contribution in [3.8, 4) is 0 Å². The normalized spacial score (nSPS) is 22.3. The molecule has 4 rings (SSSR count). The maximum Gasteiger partial charge on any atom is 0.279 e. The Balaban J connectivity index is 1.45. The fraction of sp³-hybridized carbons (Fsp3) is 0.400. The van der Waals surface area contributed by atoms with Crippen molar-refractivity contribution in [1.82, 2.24) is 0 Å². The Morgan fingerprint density at radius 1 is 1.28 bits per heavy atom. The lowest BCUT2D eigenvalue weighted by atomic mass is 9.96. The molecule has 4 nitrogen and oxygen atoms in total. The number of hydrogen-bond donors (Lipinski definition) is 2. The van der Waals surface area contributed by atoms with E-state index >= 15 is 0 Å². The lowest BCUT2D eigenvalue weighted by molar-refractivity contribution is -0.928. The molecule has 1 aliphatic heterocycles. The van der Waals surface area contributed by atoms with Crippen LogP contribution in [0.1, 0.15) is 46.6 Å². The number of quaternary nitrogens is 1. The molecular formula is C20H23N2O2S+. The predicted molar refractivity (Wildman–Crippen MR) is 99.3 cm³/mol. The monoisotopic (exact) mass is 355 g/mol. The SMILES string of the molecule is CC(=O)c1cccc(NC(=O)C[NH+]2CCc3sccc3[C@@H]2C2CC2)c1. The Kier molecular flexibility index (Phi) is 4.44. The van der Waals surface area contributed by atoms with Crippen LogP contribution >= 0.6 is 11.3 Å². The summed E-state index contributed by atoms with van der Waals surface area (Å²) in [7, 11) is 0. The van der Waals surface area contributed by atoms with Crippen LogP contribution in [-0.4, -0.2) is 24.8 Å². The van der Waals surface area contributed by atoms with Crippen molar-refractivity contribution < 1.29 is 14.5 Å². The first-order chi connectivity index (χ1) is 12.1. The number of fused-ring (bicyclic) bond motifs is 1. The van der Waals surface area contributed by atoms with Crippen LogP contribution in [0.15, 0.2) is 35.7 Å². The zero-order valence-electron chi connectivity index (χ0n) is 14.4. The number of benzene rings is 1. The molecule has 2 aliphatic rings. The second kappa shape index (κ2) is 6.73. The van der Waals surface area contributed by atoms with Crippen LogP contribution in [0.2, 0.25) is 0 Å². The maximum atomic E-state index is 12.6. The number of carbonyl (C=O) groups is 2. The summed E-state index contributed by atoms with van der Waals surface area (Å²) in [5, 5.41) is 5.16. The molecule has 1 aliphatic carbocycles. The van der Waals surface area contributed by atoms with E-state index in [1.54, 1.807) is 12.1 Å². The number of carbonyl (C=O) groups excluding carboxylic acids is 2. The van der Waals surface area contributed by atoms with Gasteiger partial charge in [-0.25, -0.2) is 0 Å². The second-order valence-electron chi connectivity index (χ2n) is 7.13. The third-order valence-corrected chi connectivity index (χ3v) is 6.26. The molecular weight excluding hydrogens is 332 g/mol. The number of ketones is 1. The Hall–Kier alpha value is -1.98. The molecule has 0 radical (unpaired) electrons. The molecule has 1 amide bonds. The fourth-order valence-electron chi connectivity index (χ4n) is 3.92. The molecule has 0 spiro atoms. The summed E-state index contributed by atoms with van der Waals surface area (Å²) >= 11 is 1.86. The molecule has 1 unspecified atom stereocenters. The van der Waals surface area contributed by atoms with Gasteiger partial charge in [0.25, 0.3) is 5.91 Å². The van der Waals surface area contributed by atoms with E-state index in [4.69, 9.17) is 0 Å². The molecule has 25 heavy (non-hydrogen) atoms. The van der Waals surface area contributed by atoms with Crippen LogP contribution in [0, 0.1) is 5.92 Å². The van der Waals surface area contributed by atoms with Crippen LogP contribution in [0.4, 0.5) is 5.69 Å². The number of anilines is 1. The zero-order valence-corrected chi connectivity index (χ0v) is 15.2. The predicted octanol–water partition coefficient (Wildman–Crippen LogP) is 2.48. The molecule has 2 heterocycles. The number of rotatable bonds is 5. The van der Waals surface area contributed by atoms with E-state index in [0.29, 0.717) is 23.8 Å². The van der Waals surface area contributed by atoms with Gasteiger partial charge in [-0.15, -0.1) is 11.3 Å². The molecule has 1 aromatic heterocycles. The van der Waals surface area contributed by atoms with E-state index in [1.807, 2.05) is 23.5 Å². The summed E-state index contributed by atoms with van der Waals surface area (Å²) in [5.41, 5.74) is 2.80. The standard InChI is InChI=1S/C20H22N2O2S/c1-13(23)15-3-2-4-16(11-15)21-19(24)12-22-9-7-18-17(8-10-25-18)20(22)14-5-6-14/h2-4,8,10-11,14,20H,5-7,9,12H2,1H3,(H,21,24)/p+1/t20-/m0/s1. The smallest absolute Gasteiger partial charge is 0.279 e.